The fourth-order valence-corrected chi connectivity index (χ4v) is 4.79. The van der Waals surface area contributed by atoms with Gasteiger partial charge in [-0.1, -0.05) is 0 Å². The fourth-order valence-electron chi connectivity index (χ4n) is 3.34. The zero-order chi connectivity index (χ0) is 17.4. The number of nitrogens with one attached hydrogen (secondary N) is 1. The van der Waals surface area contributed by atoms with E-state index in [4.69, 9.17) is 0 Å². The van der Waals surface area contributed by atoms with E-state index in [2.05, 4.69) is 4.98 Å². The summed E-state index contributed by atoms with van der Waals surface area (Å²) in [6.07, 6.45) is 1.65. The molecule has 4 rings (SSSR count). The Hall–Kier alpha value is -2.19. The van der Waals surface area contributed by atoms with Gasteiger partial charge in [0.15, 0.2) is 0 Å². The van der Waals surface area contributed by atoms with Crippen LogP contribution in [0.4, 0.5) is 0 Å². The summed E-state index contributed by atoms with van der Waals surface area (Å²) < 4.78 is 1.91. The van der Waals surface area contributed by atoms with Gasteiger partial charge in [-0.05, 0) is 46.7 Å². The van der Waals surface area contributed by atoms with Gasteiger partial charge >= 0.3 is 5.69 Å². The number of fused-ring (bicyclic) bond motifs is 1. The van der Waals surface area contributed by atoms with Crippen molar-refractivity contribution in [3.63, 3.8) is 0 Å². The third-order valence-electron chi connectivity index (χ3n) is 4.66. The Kier molecular flexibility index (Phi) is 4.30. The van der Waals surface area contributed by atoms with Gasteiger partial charge in [0, 0.05) is 19.1 Å². The molecule has 3 aromatic rings. The molecule has 0 spiro atoms. The first-order chi connectivity index (χ1) is 12.1. The van der Waals surface area contributed by atoms with Crippen molar-refractivity contribution in [2.45, 2.75) is 25.3 Å². The molecular weight excluding hydrogens is 358 g/mol. The second-order valence-electron chi connectivity index (χ2n) is 6.19. The van der Waals surface area contributed by atoms with Gasteiger partial charge in [-0.25, -0.2) is 4.79 Å². The Labute approximate surface area is 151 Å². The molecule has 25 heavy (non-hydrogen) atoms. The average Bonchev–Trinajstić information content (AvgIpc) is 3.27. The molecule has 1 aliphatic heterocycles. The monoisotopic (exact) mass is 375 g/mol. The lowest BCUT2D eigenvalue weighted by Crippen LogP contribution is -2.45. The first kappa shape index (κ1) is 16.3. The number of carbonyl (C=O) groups excluding carboxylic acids is 1. The third-order valence-corrected chi connectivity index (χ3v) is 6.29. The van der Waals surface area contributed by atoms with Crippen molar-refractivity contribution in [1.29, 1.82) is 0 Å². The van der Waals surface area contributed by atoms with Crippen LogP contribution < -0.4 is 11.2 Å². The zero-order valence-corrected chi connectivity index (χ0v) is 15.1. The minimum atomic E-state index is -0.362. The predicted octanol–water partition coefficient (Wildman–Crippen LogP) is 2.22. The molecule has 1 saturated heterocycles. The second-order valence-corrected chi connectivity index (χ2v) is 7.89. The molecule has 3 aromatic heterocycles. The maximum Gasteiger partial charge on any atom is 0.329 e. The molecule has 4 heterocycles. The summed E-state index contributed by atoms with van der Waals surface area (Å²) >= 11 is 2.93. The minimum absolute atomic E-state index is 0.104. The van der Waals surface area contributed by atoms with Crippen LogP contribution in [0.25, 0.3) is 10.2 Å². The molecule has 0 saturated carbocycles. The van der Waals surface area contributed by atoms with Gasteiger partial charge in [0.05, 0.1) is 11.9 Å². The Balaban J connectivity index is 1.50. The minimum Gasteiger partial charge on any atom is -0.342 e. The van der Waals surface area contributed by atoms with Crippen molar-refractivity contribution < 1.29 is 4.79 Å². The number of carbonyl (C=O) groups is 1. The number of piperidine rings is 1. The molecule has 0 aliphatic carbocycles. The molecule has 0 radical (unpaired) electrons. The number of amides is 1. The molecule has 0 bridgehead atoms. The second kappa shape index (κ2) is 6.61. The summed E-state index contributed by atoms with van der Waals surface area (Å²) in [5.74, 6) is 0.104. The molecule has 1 aliphatic rings. The largest absolute Gasteiger partial charge is 0.342 e. The number of rotatable bonds is 3. The summed E-state index contributed by atoms with van der Waals surface area (Å²) in [7, 11) is 0. The van der Waals surface area contributed by atoms with Gasteiger partial charge < -0.3 is 9.88 Å². The van der Waals surface area contributed by atoms with Gasteiger partial charge in [0.1, 0.15) is 4.70 Å². The summed E-state index contributed by atoms with van der Waals surface area (Å²) in [5, 5.41) is 5.76. The van der Waals surface area contributed by atoms with Gasteiger partial charge in [-0.3, -0.25) is 14.2 Å². The van der Waals surface area contributed by atoms with E-state index in [1.165, 1.54) is 15.9 Å². The van der Waals surface area contributed by atoms with Gasteiger partial charge in [-0.15, -0.1) is 11.3 Å². The molecular formula is C17H17N3O3S2. The first-order valence-electron chi connectivity index (χ1n) is 8.14. The fraction of sp³-hybridized carbons (Fsp3) is 0.353. The lowest BCUT2D eigenvalue weighted by atomic mass is 10.0. The number of nitrogens with zero attached hydrogens (tertiary/aromatic N) is 2. The Morgan fingerprint density at radius 3 is 2.72 bits per heavy atom. The highest BCUT2D eigenvalue weighted by Crippen LogP contribution is 2.22. The van der Waals surface area contributed by atoms with Gasteiger partial charge in [-0.2, -0.15) is 11.3 Å². The van der Waals surface area contributed by atoms with E-state index in [1.807, 2.05) is 21.7 Å². The van der Waals surface area contributed by atoms with Crippen LogP contribution in [0.2, 0.25) is 0 Å². The van der Waals surface area contributed by atoms with Crippen molar-refractivity contribution in [1.82, 2.24) is 14.5 Å². The predicted molar refractivity (Wildman–Crippen MR) is 99.6 cm³/mol. The van der Waals surface area contributed by atoms with Crippen LogP contribution in [0.1, 0.15) is 24.4 Å². The van der Waals surface area contributed by atoms with Crippen LogP contribution >= 0.6 is 22.7 Å². The summed E-state index contributed by atoms with van der Waals surface area (Å²) in [5.41, 5.74) is 1.04. The molecule has 8 heteroatoms. The Morgan fingerprint density at radius 1 is 1.20 bits per heavy atom. The van der Waals surface area contributed by atoms with E-state index in [-0.39, 0.29) is 23.2 Å². The molecule has 1 amide bonds. The van der Waals surface area contributed by atoms with Crippen LogP contribution in [0.3, 0.4) is 0 Å². The molecule has 0 atom stereocenters. The Bertz CT molecular complexity index is 1010. The molecule has 0 unspecified atom stereocenters. The first-order valence-corrected chi connectivity index (χ1v) is 9.96. The molecule has 6 nitrogen and oxygen atoms in total. The Morgan fingerprint density at radius 2 is 2.00 bits per heavy atom. The van der Waals surface area contributed by atoms with Gasteiger partial charge in [0.25, 0.3) is 5.56 Å². The van der Waals surface area contributed by atoms with Crippen molar-refractivity contribution in [3.05, 3.63) is 54.7 Å². The van der Waals surface area contributed by atoms with E-state index in [9.17, 15) is 14.4 Å². The van der Waals surface area contributed by atoms with Crippen molar-refractivity contribution >= 4 is 38.8 Å². The van der Waals surface area contributed by atoms with Crippen LogP contribution in [-0.2, 0) is 11.2 Å². The standard InChI is InChI=1S/C17H17N3O3S2/c21-14(9-11-3-7-24-10-11)19-5-1-12(2-6-19)20-16(22)15-13(4-8-25-15)18-17(20)23/h3-4,7-8,10,12H,1-2,5-6,9H2,(H,18,23). The van der Waals surface area contributed by atoms with Crippen LogP contribution in [0, 0.1) is 0 Å². The van der Waals surface area contributed by atoms with Crippen molar-refractivity contribution in [2.75, 3.05) is 13.1 Å². The summed E-state index contributed by atoms with van der Waals surface area (Å²) in [6, 6.07) is 3.55. The van der Waals surface area contributed by atoms with Crippen LogP contribution in [-0.4, -0.2) is 33.4 Å². The number of hydrogen-bond acceptors (Lipinski definition) is 5. The van der Waals surface area contributed by atoms with Crippen LogP contribution in [0.15, 0.2) is 37.9 Å². The van der Waals surface area contributed by atoms with E-state index in [0.717, 1.165) is 5.56 Å². The van der Waals surface area contributed by atoms with Crippen molar-refractivity contribution in [2.24, 2.45) is 0 Å². The maximum atomic E-state index is 12.6. The average molecular weight is 375 g/mol. The van der Waals surface area contributed by atoms with Crippen LogP contribution in [0.5, 0.6) is 0 Å². The highest BCUT2D eigenvalue weighted by Gasteiger charge is 2.26. The van der Waals surface area contributed by atoms with E-state index >= 15 is 0 Å². The van der Waals surface area contributed by atoms with Gasteiger partial charge in [0.2, 0.25) is 5.91 Å². The highest BCUT2D eigenvalue weighted by atomic mass is 32.1. The third kappa shape index (κ3) is 3.07. The highest BCUT2D eigenvalue weighted by molar-refractivity contribution is 7.17. The summed E-state index contributed by atoms with van der Waals surface area (Å²) in [4.78, 5) is 41.9. The topological polar surface area (TPSA) is 75.2 Å². The SMILES string of the molecule is O=C(Cc1ccsc1)N1CCC(n2c(=O)[nH]c3ccsc3c2=O)CC1. The normalized spacial score (nSPS) is 15.8. The number of aromatic nitrogens is 2. The van der Waals surface area contributed by atoms with E-state index < -0.39 is 0 Å². The number of hydrogen-bond donors (Lipinski definition) is 1. The molecule has 1 fully saturated rings. The summed E-state index contributed by atoms with van der Waals surface area (Å²) in [6.45, 7) is 1.14. The number of thiophene rings is 2. The molecule has 130 valence electrons. The van der Waals surface area contributed by atoms with Crippen molar-refractivity contribution in [3.8, 4) is 0 Å². The number of likely N-dealkylation sites (tertiary alicyclic amines) is 1. The zero-order valence-electron chi connectivity index (χ0n) is 13.4. The number of H-pyrrole nitrogens is 1. The molecule has 1 N–H and O–H groups in total. The van der Waals surface area contributed by atoms with E-state index in [1.54, 1.807) is 22.8 Å². The van der Waals surface area contributed by atoms with E-state index in [0.29, 0.717) is 42.6 Å². The smallest absolute Gasteiger partial charge is 0.329 e. The number of aromatic amines is 1. The maximum absolute atomic E-state index is 12.6. The lowest BCUT2D eigenvalue weighted by Gasteiger charge is -2.32. The molecule has 0 aromatic carbocycles. The quantitative estimate of drug-likeness (QED) is 0.763. The lowest BCUT2D eigenvalue weighted by molar-refractivity contribution is -0.131.